The molecule has 178 valence electrons. The van der Waals surface area contributed by atoms with Gasteiger partial charge in [-0.2, -0.15) is 0 Å². The average Bonchev–Trinajstić information content (AvgIpc) is 3.10. The Balaban J connectivity index is 1.50. The third kappa shape index (κ3) is 3.97. The molecule has 0 spiro atoms. The van der Waals surface area contributed by atoms with Crippen molar-refractivity contribution in [2.75, 3.05) is 13.1 Å². The number of nitrogens with two attached hydrogens (primary N) is 1. The quantitative estimate of drug-likeness (QED) is 0.485. The van der Waals surface area contributed by atoms with Crippen LogP contribution in [0.3, 0.4) is 0 Å². The van der Waals surface area contributed by atoms with Crippen molar-refractivity contribution in [3.63, 3.8) is 0 Å². The van der Waals surface area contributed by atoms with Gasteiger partial charge >= 0.3 is 5.97 Å². The monoisotopic (exact) mass is 434 g/mol. The summed E-state index contributed by atoms with van der Waals surface area (Å²) in [6, 6.07) is 0.614. The van der Waals surface area contributed by atoms with E-state index in [1.54, 1.807) is 0 Å². The van der Waals surface area contributed by atoms with E-state index >= 15 is 0 Å². The molecule has 0 bridgehead atoms. The topological polar surface area (TPSA) is 95.6 Å². The SMILES string of the molecule is CC(CCC(=O)O)[C@H]1CCC2C3CC[C@@H]4C[C@H](NCCN)CC[C@]4(C)C3C[C@H](O)[C@@]21C. The van der Waals surface area contributed by atoms with Gasteiger partial charge in [-0.05, 0) is 104 Å². The van der Waals surface area contributed by atoms with E-state index in [-0.39, 0.29) is 17.9 Å². The van der Waals surface area contributed by atoms with E-state index in [1.807, 2.05) is 0 Å². The first-order valence-corrected chi connectivity index (χ1v) is 13.0. The number of rotatable bonds is 7. The summed E-state index contributed by atoms with van der Waals surface area (Å²) < 4.78 is 0. The molecular formula is C26H46N2O3. The summed E-state index contributed by atoms with van der Waals surface area (Å²) in [4.78, 5) is 11.1. The lowest BCUT2D eigenvalue weighted by atomic mass is 9.43. The lowest BCUT2D eigenvalue weighted by Crippen LogP contribution is -2.59. The first-order chi connectivity index (χ1) is 14.7. The van der Waals surface area contributed by atoms with Crippen LogP contribution < -0.4 is 11.1 Å². The molecule has 0 aromatic carbocycles. The summed E-state index contributed by atoms with van der Waals surface area (Å²) in [5.74, 6) is 2.87. The zero-order valence-electron chi connectivity index (χ0n) is 20.0. The van der Waals surface area contributed by atoms with Crippen molar-refractivity contribution in [2.24, 2.45) is 52.1 Å². The van der Waals surface area contributed by atoms with Gasteiger partial charge in [-0.25, -0.2) is 0 Å². The van der Waals surface area contributed by atoms with Crippen LogP contribution in [0.15, 0.2) is 0 Å². The van der Waals surface area contributed by atoms with Crippen molar-refractivity contribution in [1.82, 2.24) is 5.32 Å². The predicted octanol–water partition coefficient (Wildman–Crippen LogP) is 4.03. The summed E-state index contributed by atoms with van der Waals surface area (Å²) in [6.07, 6.45) is 10.5. The van der Waals surface area contributed by atoms with Gasteiger partial charge in [-0.1, -0.05) is 20.8 Å². The van der Waals surface area contributed by atoms with E-state index in [1.165, 1.54) is 38.5 Å². The van der Waals surface area contributed by atoms with Crippen LogP contribution in [0, 0.1) is 46.3 Å². The molecule has 10 atom stereocenters. The van der Waals surface area contributed by atoms with E-state index < -0.39 is 5.97 Å². The highest BCUT2D eigenvalue weighted by molar-refractivity contribution is 5.66. The molecule has 5 heteroatoms. The molecule has 4 aliphatic rings. The Hall–Kier alpha value is -0.650. The van der Waals surface area contributed by atoms with E-state index in [0.29, 0.717) is 41.7 Å². The minimum Gasteiger partial charge on any atom is -0.481 e. The molecule has 5 nitrogen and oxygen atoms in total. The molecule has 0 amide bonds. The van der Waals surface area contributed by atoms with E-state index in [0.717, 1.165) is 37.6 Å². The average molecular weight is 435 g/mol. The van der Waals surface area contributed by atoms with Gasteiger partial charge in [0.15, 0.2) is 0 Å². The summed E-state index contributed by atoms with van der Waals surface area (Å²) in [5.41, 5.74) is 6.04. The van der Waals surface area contributed by atoms with Crippen LogP contribution in [-0.4, -0.2) is 41.4 Å². The number of hydrogen-bond donors (Lipinski definition) is 4. The lowest BCUT2D eigenvalue weighted by Gasteiger charge is -2.62. The lowest BCUT2D eigenvalue weighted by molar-refractivity contribution is -0.170. The molecule has 4 saturated carbocycles. The van der Waals surface area contributed by atoms with E-state index in [2.05, 4.69) is 26.1 Å². The second-order valence-electron chi connectivity index (χ2n) is 12.1. The smallest absolute Gasteiger partial charge is 0.303 e. The molecule has 0 aromatic rings. The number of nitrogens with one attached hydrogen (secondary N) is 1. The molecule has 0 aliphatic heterocycles. The summed E-state index contributed by atoms with van der Waals surface area (Å²) in [7, 11) is 0. The second kappa shape index (κ2) is 8.95. The summed E-state index contributed by atoms with van der Waals surface area (Å²) in [6.45, 7) is 8.76. The number of fused-ring (bicyclic) bond motifs is 5. The van der Waals surface area contributed by atoms with Crippen molar-refractivity contribution in [1.29, 1.82) is 0 Å². The normalized spacial score (nSPS) is 47.8. The van der Waals surface area contributed by atoms with Gasteiger partial charge in [0.05, 0.1) is 6.10 Å². The summed E-state index contributed by atoms with van der Waals surface area (Å²) >= 11 is 0. The van der Waals surface area contributed by atoms with Crippen LogP contribution in [0.2, 0.25) is 0 Å². The van der Waals surface area contributed by atoms with Crippen molar-refractivity contribution in [2.45, 2.75) is 97.1 Å². The minimum atomic E-state index is -0.696. The van der Waals surface area contributed by atoms with Crippen molar-refractivity contribution < 1.29 is 15.0 Å². The highest BCUT2D eigenvalue weighted by atomic mass is 16.4. The first kappa shape index (κ1) is 23.5. The third-order valence-corrected chi connectivity index (χ3v) is 10.9. The fourth-order valence-electron chi connectivity index (χ4n) is 9.21. The van der Waals surface area contributed by atoms with Gasteiger partial charge in [0, 0.05) is 25.6 Å². The Labute approximate surface area is 188 Å². The molecule has 31 heavy (non-hydrogen) atoms. The number of carboxylic acid groups (broad SMARTS) is 1. The maximum atomic E-state index is 11.6. The van der Waals surface area contributed by atoms with Gasteiger partial charge in [-0.15, -0.1) is 0 Å². The number of hydrogen-bond acceptors (Lipinski definition) is 4. The highest BCUT2D eigenvalue weighted by Gasteiger charge is 2.63. The standard InChI is InChI=1S/C26H46N2O3/c1-16(4-9-24(30)31)20-7-8-21-19-6-5-17-14-18(28-13-12-27)10-11-25(17,2)22(19)15-23(29)26(20,21)3/h16-23,28-29H,4-15,27H2,1-3H3,(H,30,31)/t16?,17-,18-,19?,20-,21?,22?,23+,25+,26-/m1/s1. The van der Waals surface area contributed by atoms with Crippen LogP contribution in [-0.2, 0) is 4.79 Å². The number of aliphatic hydroxyl groups is 1. The van der Waals surface area contributed by atoms with Crippen LogP contribution in [0.1, 0.15) is 85.0 Å². The van der Waals surface area contributed by atoms with Crippen LogP contribution in [0.4, 0.5) is 0 Å². The van der Waals surface area contributed by atoms with Gasteiger partial charge in [0.25, 0.3) is 0 Å². The second-order valence-corrected chi connectivity index (χ2v) is 12.1. The van der Waals surface area contributed by atoms with Gasteiger partial charge in [0.2, 0.25) is 0 Å². The number of aliphatic hydroxyl groups excluding tert-OH is 1. The number of carbonyl (C=O) groups is 1. The molecule has 0 aromatic heterocycles. The zero-order valence-corrected chi connectivity index (χ0v) is 20.0. The van der Waals surface area contributed by atoms with Gasteiger partial charge < -0.3 is 21.3 Å². The van der Waals surface area contributed by atoms with Crippen LogP contribution in [0.25, 0.3) is 0 Å². The van der Waals surface area contributed by atoms with Crippen molar-refractivity contribution >= 4 is 5.97 Å². The Morgan fingerprint density at radius 3 is 2.61 bits per heavy atom. The molecule has 0 radical (unpaired) electrons. The van der Waals surface area contributed by atoms with E-state index in [9.17, 15) is 9.90 Å². The maximum Gasteiger partial charge on any atom is 0.303 e. The van der Waals surface area contributed by atoms with Crippen molar-refractivity contribution in [3.05, 3.63) is 0 Å². The van der Waals surface area contributed by atoms with Gasteiger partial charge in [0.1, 0.15) is 0 Å². The Kier molecular flexibility index (Phi) is 6.78. The maximum absolute atomic E-state index is 11.6. The predicted molar refractivity (Wildman–Crippen MR) is 123 cm³/mol. The van der Waals surface area contributed by atoms with E-state index in [4.69, 9.17) is 10.8 Å². The number of aliphatic carboxylic acids is 1. The molecular weight excluding hydrogens is 388 g/mol. The minimum absolute atomic E-state index is 0.0395. The molecule has 0 heterocycles. The third-order valence-electron chi connectivity index (χ3n) is 10.9. The molecule has 0 saturated heterocycles. The Morgan fingerprint density at radius 1 is 1.13 bits per heavy atom. The summed E-state index contributed by atoms with van der Waals surface area (Å²) in [5, 5.41) is 24.4. The molecule has 4 rings (SSSR count). The first-order valence-electron chi connectivity index (χ1n) is 13.0. The fraction of sp³-hybridized carbons (Fsp3) is 0.962. The molecule has 4 aliphatic carbocycles. The Bertz CT molecular complexity index is 657. The highest BCUT2D eigenvalue weighted by Crippen LogP contribution is 2.68. The Morgan fingerprint density at radius 2 is 1.90 bits per heavy atom. The largest absolute Gasteiger partial charge is 0.481 e. The van der Waals surface area contributed by atoms with Crippen molar-refractivity contribution in [3.8, 4) is 0 Å². The molecule has 4 fully saturated rings. The zero-order chi connectivity index (χ0) is 22.4. The molecule has 5 N–H and O–H groups in total. The van der Waals surface area contributed by atoms with Crippen LogP contribution in [0.5, 0.6) is 0 Å². The molecule has 4 unspecified atom stereocenters. The fourth-order valence-corrected chi connectivity index (χ4v) is 9.21. The van der Waals surface area contributed by atoms with Gasteiger partial charge in [-0.3, -0.25) is 4.79 Å². The van der Waals surface area contributed by atoms with Crippen LogP contribution >= 0.6 is 0 Å². The number of carboxylic acids is 1.